The molecule has 0 aromatic heterocycles. The maximum Gasteiger partial charge on any atom is 0.264 e. The summed E-state index contributed by atoms with van der Waals surface area (Å²) in [6.45, 7) is 1.97. The largest absolute Gasteiger partial charge is 0.506 e. The van der Waals surface area contributed by atoms with Gasteiger partial charge >= 0.3 is 0 Å². The van der Waals surface area contributed by atoms with Crippen LogP contribution in [0.1, 0.15) is 6.92 Å². The van der Waals surface area contributed by atoms with E-state index in [-0.39, 0.29) is 22.9 Å². The number of phenolic OH excluding ortho intramolecular Hbond substituents is 1. The summed E-state index contributed by atoms with van der Waals surface area (Å²) in [6, 6.07) is 14.6. The van der Waals surface area contributed by atoms with Crippen molar-refractivity contribution in [3.8, 4) is 5.75 Å². The van der Waals surface area contributed by atoms with Crippen molar-refractivity contribution in [2.24, 2.45) is 0 Å². The van der Waals surface area contributed by atoms with Gasteiger partial charge in [0.1, 0.15) is 5.75 Å². The van der Waals surface area contributed by atoms with Crippen molar-refractivity contribution in [2.45, 2.75) is 11.8 Å². The summed E-state index contributed by atoms with van der Waals surface area (Å²) in [5.41, 5.74) is 0.286. The molecule has 0 saturated heterocycles. The molecule has 0 atom stereocenters. The van der Waals surface area contributed by atoms with Gasteiger partial charge in [0, 0.05) is 6.54 Å². The maximum atomic E-state index is 12.5. The first-order valence-corrected chi connectivity index (χ1v) is 7.37. The van der Waals surface area contributed by atoms with Gasteiger partial charge in [-0.3, -0.25) is 4.31 Å². The lowest BCUT2D eigenvalue weighted by molar-refractivity contribution is 0.475. The molecule has 0 bridgehead atoms. The van der Waals surface area contributed by atoms with Gasteiger partial charge in [0.2, 0.25) is 0 Å². The van der Waals surface area contributed by atoms with Crippen LogP contribution in [0.2, 0.25) is 0 Å². The zero-order chi connectivity index (χ0) is 13.9. The highest BCUT2D eigenvalue weighted by Gasteiger charge is 2.24. The summed E-state index contributed by atoms with van der Waals surface area (Å²) < 4.78 is 26.3. The van der Waals surface area contributed by atoms with Crippen LogP contribution in [-0.2, 0) is 10.0 Å². The second-order valence-electron chi connectivity index (χ2n) is 3.97. The Kier molecular flexibility index (Phi) is 3.76. The smallest absolute Gasteiger partial charge is 0.264 e. The number of aromatic hydroxyl groups is 1. The number of hydrogen-bond donors (Lipinski definition) is 1. The van der Waals surface area contributed by atoms with Crippen molar-refractivity contribution >= 4 is 15.7 Å². The Morgan fingerprint density at radius 1 is 1.00 bits per heavy atom. The van der Waals surface area contributed by atoms with Gasteiger partial charge in [-0.15, -0.1) is 0 Å². The van der Waals surface area contributed by atoms with E-state index in [1.54, 1.807) is 43.3 Å². The molecule has 0 aliphatic heterocycles. The summed E-state index contributed by atoms with van der Waals surface area (Å²) in [6.07, 6.45) is 0. The van der Waals surface area contributed by atoms with Crippen LogP contribution in [0, 0.1) is 0 Å². The van der Waals surface area contributed by atoms with Gasteiger partial charge in [-0.25, -0.2) is 8.42 Å². The molecule has 0 unspecified atom stereocenters. The molecule has 2 rings (SSSR count). The fourth-order valence-corrected chi connectivity index (χ4v) is 3.37. The molecule has 4 nitrogen and oxygen atoms in total. The van der Waals surface area contributed by atoms with Crippen LogP contribution in [-0.4, -0.2) is 20.1 Å². The third-order valence-electron chi connectivity index (χ3n) is 2.77. The van der Waals surface area contributed by atoms with Crippen LogP contribution in [0.5, 0.6) is 5.75 Å². The molecule has 5 heteroatoms. The number of phenols is 1. The van der Waals surface area contributed by atoms with Gasteiger partial charge in [-0.05, 0) is 31.2 Å². The highest BCUT2D eigenvalue weighted by molar-refractivity contribution is 7.92. The van der Waals surface area contributed by atoms with Crippen LogP contribution < -0.4 is 4.31 Å². The molecule has 100 valence electrons. The molecule has 0 aliphatic rings. The number of nitrogens with zero attached hydrogens (tertiary/aromatic N) is 1. The summed E-state index contributed by atoms with van der Waals surface area (Å²) in [5.74, 6) is -0.0520. The van der Waals surface area contributed by atoms with Gasteiger partial charge in [-0.2, -0.15) is 0 Å². The van der Waals surface area contributed by atoms with Gasteiger partial charge in [0.15, 0.2) is 0 Å². The van der Waals surface area contributed by atoms with Crippen LogP contribution in [0.3, 0.4) is 0 Å². The van der Waals surface area contributed by atoms with E-state index in [0.717, 1.165) is 0 Å². The SMILES string of the molecule is CCN(c1ccccc1O)S(=O)(=O)c1ccccc1. The lowest BCUT2D eigenvalue weighted by Gasteiger charge is -2.23. The number of hydrogen-bond acceptors (Lipinski definition) is 3. The zero-order valence-electron chi connectivity index (χ0n) is 10.5. The molecule has 2 aromatic carbocycles. The van der Waals surface area contributed by atoms with Crippen molar-refractivity contribution in [2.75, 3.05) is 10.8 Å². The summed E-state index contributed by atoms with van der Waals surface area (Å²) in [5, 5.41) is 9.82. The standard InChI is InChI=1S/C14H15NO3S/c1-2-15(13-10-6-7-11-14(13)16)19(17,18)12-8-4-3-5-9-12/h3-11,16H,2H2,1H3. The third kappa shape index (κ3) is 2.56. The quantitative estimate of drug-likeness (QED) is 0.934. The predicted octanol–water partition coefficient (Wildman–Crippen LogP) is 2.61. The second-order valence-corrected chi connectivity index (χ2v) is 5.83. The van der Waals surface area contributed by atoms with E-state index in [1.165, 1.54) is 22.5 Å². The van der Waals surface area contributed by atoms with E-state index in [0.29, 0.717) is 0 Å². The van der Waals surface area contributed by atoms with Gasteiger partial charge in [0.25, 0.3) is 10.0 Å². The van der Waals surface area contributed by atoms with Crippen LogP contribution >= 0.6 is 0 Å². The van der Waals surface area contributed by atoms with Crippen LogP contribution in [0.25, 0.3) is 0 Å². The highest BCUT2D eigenvalue weighted by Crippen LogP contribution is 2.30. The zero-order valence-corrected chi connectivity index (χ0v) is 11.3. The van der Waals surface area contributed by atoms with E-state index >= 15 is 0 Å². The second kappa shape index (κ2) is 5.32. The monoisotopic (exact) mass is 277 g/mol. The summed E-state index contributed by atoms with van der Waals surface area (Å²) in [4.78, 5) is 0.208. The lowest BCUT2D eigenvalue weighted by Crippen LogP contribution is -2.30. The van der Waals surface area contributed by atoms with E-state index in [9.17, 15) is 13.5 Å². The van der Waals surface area contributed by atoms with Crippen molar-refractivity contribution < 1.29 is 13.5 Å². The van der Waals surface area contributed by atoms with E-state index in [4.69, 9.17) is 0 Å². The molecular formula is C14H15NO3S. The fraction of sp³-hybridized carbons (Fsp3) is 0.143. The number of para-hydroxylation sites is 2. The molecule has 0 amide bonds. The number of sulfonamides is 1. The normalized spacial score (nSPS) is 11.2. The molecule has 0 spiro atoms. The lowest BCUT2D eigenvalue weighted by atomic mass is 10.3. The number of anilines is 1. The minimum atomic E-state index is -3.65. The van der Waals surface area contributed by atoms with Crippen molar-refractivity contribution in [1.82, 2.24) is 0 Å². The Morgan fingerprint density at radius 3 is 2.16 bits per heavy atom. The number of rotatable bonds is 4. The molecule has 0 aliphatic carbocycles. The molecule has 1 N–H and O–H groups in total. The molecule has 0 saturated carbocycles. The maximum absolute atomic E-state index is 12.5. The van der Waals surface area contributed by atoms with Gasteiger partial charge < -0.3 is 5.11 Å². The van der Waals surface area contributed by atoms with Gasteiger partial charge in [0.05, 0.1) is 10.6 Å². The van der Waals surface area contributed by atoms with Crippen molar-refractivity contribution in [3.05, 3.63) is 54.6 Å². The first-order valence-electron chi connectivity index (χ1n) is 5.93. The first-order chi connectivity index (χ1) is 9.07. The average Bonchev–Trinajstić information content (AvgIpc) is 2.42. The molecule has 19 heavy (non-hydrogen) atoms. The molecule has 0 fully saturated rings. The highest BCUT2D eigenvalue weighted by atomic mass is 32.2. The van der Waals surface area contributed by atoms with Crippen molar-refractivity contribution in [1.29, 1.82) is 0 Å². The topological polar surface area (TPSA) is 57.6 Å². The van der Waals surface area contributed by atoms with Crippen LogP contribution in [0.15, 0.2) is 59.5 Å². The average molecular weight is 277 g/mol. The Balaban J connectivity index is 2.52. The third-order valence-corrected chi connectivity index (χ3v) is 4.67. The minimum absolute atomic E-state index is 0.0520. The van der Waals surface area contributed by atoms with Crippen molar-refractivity contribution in [3.63, 3.8) is 0 Å². The fourth-order valence-electron chi connectivity index (χ4n) is 1.86. The van der Waals surface area contributed by atoms with Gasteiger partial charge in [-0.1, -0.05) is 30.3 Å². The molecule has 2 aromatic rings. The Morgan fingerprint density at radius 2 is 1.58 bits per heavy atom. The minimum Gasteiger partial charge on any atom is -0.506 e. The Hall–Kier alpha value is -2.01. The molecule has 0 heterocycles. The molecular weight excluding hydrogens is 262 g/mol. The predicted molar refractivity (Wildman–Crippen MR) is 74.8 cm³/mol. The molecule has 0 radical (unpaired) electrons. The Labute approximate surface area is 113 Å². The van der Waals surface area contributed by atoms with E-state index in [2.05, 4.69) is 0 Å². The summed E-state index contributed by atoms with van der Waals surface area (Å²) in [7, 11) is -3.65. The van der Waals surface area contributed by atoms with E-state index in [1.807, 2.05) is 0 Å². The summed E-state index contributed by atoms with van der Waals surface area (Å²) >= 11 is 0. The number of benzene rings is 2. The first kappa shape index (κ1) is 13.4. The van der Waals surface area contributed by atoms with Crippen LogP contribution in [0.4, 0.5) is 5.69 Å². The Bertz CT molecular complexity index is 653. The van der Waals surface area contributed by atoms with E-state index < -0.39 is 10.0 Å².